The molecule has 2 aromatic rings. The summed E-state index contributed by atoms with van der Waals surface area (Å²) in [6, 6.07) is 7.32. The quantitative estimate of drug-likeness (QED) is 0.486. The normalized spacial score (nSPS) is 14.0. The van der Waals surface area contributed by atoms with Gasteiger partial charge in [0.15, 0.2) is 0 Å². The lowest BCUT2D eigenvalue weighted by molar-refractivity contribution is -0.384. The van der Waals surface area contributed by atoms with Crippen molar-refractivity contribution in [2.75, 3.05) is 6.61 Å². The molecule has 2 aromatic carbocycles. The van der Waals surface area contributed by atoms with Crippen molar-refractivity contribution in [3.63, 3.8) is 0 Å². The smallest absolute Gasteiger partial charge is 0.269 e. The van der Waals surface area contributed by atoms with Gasteiger partial charge in [0, 0.05) is 12.1 Å². The van der Waals surface area contributed by atoms with Gasteiger partial charge in [-0.05, 0) is 49.6 Å². The van der Waals surface area contributed by atoms with Crippen LogP contribution >= 0.6 is 0 Å². The number of benzene rings is 2. The fourth-order valence-corrected chi connectivity index (χ4v) is 4.76. The van der Waals surface area contributed by atoms with Crippen molar-refractivity contribution in [3.8, 4) is 0 Å². The molecule has 0 fully saturated rings. The number of aliphatic hydroxyl groups is 2. The van der Waals surface area contributed by atoms with E-state index in [1.165, 1.54) is 24.3 Å². The zero-order valence-electron chi connectivity index (χ0n) is 15.2. The summed E-state index contributed by atoms with van der Waals surface area (Å²) in [6.45, 7) is 4.56. The maximum atomic E-state index is 12.8. The molecule has 0 aromatic heterocycles. The molecule has 0 saturated carbocycles. The first kappa shape index (κ1) is 21.0. The van der Waals surface area contributed by atoms with E-state index in [0.717, 1.165) is 5.56 Å². The number of hydrogen-bond acceptors (Lipinski definition) is 6. The highest BCUT2D eigenvalue weighted by Crippen LogP contribution is 2.25. The first-order valence-corrected chi connectivity index (χ1v) is 9.68. The van der Waals surface area contributed by atoms with Gasteiger partial charge in [-0.2, -0.15) is 0 Å². The lowest BCUT2D eigenvalue weighted by Crippen LogP contribution is -2.42. The van der Waals surface area contributed by atoms with E-state index in [9.17, 15) is 28.7 Å². The molecule has 0 spiro atoms. The molecule has 146 valence electrons. The number of non-ortho nitro benzene ring substituents is 1. The molecule has 0 aliphatic heterocycles. The van der Waals surface area contributed by atoms with Crippen LogP contribution in [0.1, 0.15) is 28.4 Å². The molecular formula is C18H22N2O6S. The van der Waals surface area contributed by atoms with Crippen molar-refractivity contribution in [1.82, 2.24) is 4.72 Å². The fourth-order valence-electron chi connectivity index (χ4n) is 3.08. The third-order valence-corrected chi connectivity index (χ3v) is 6.00. The van der Waals surface area contributed by atoms with Gasteiger partial charge in [0.05, 0.1) is 28.6 Å². The number of hydrogen-bond donors (Lipinski definition) is 3. The van der Waals surface area contributed by atoms with E-state index >= 15 is 0 Å². The summed E-state index contributed by atoms with van der Waals surface area (Å²) in [7, 11) is -4.00. The first-order chi connectivity index (χ1) is 12.6. The van der Waals surface area contributed by atoms with E-state index < -0.39 is 33.7 Å². The van der Waals surface area contributed by atoms with Crippen LogP contribution in [0.15, 0.2) is 41.3 Å². The molecule has 2 atom stereocenters. The zero-order chi connectivity index (χ0) is 20.4. The molecule has 2 unspecified atom stereocenters. The Morgan fingerprint density at radius 3 is 2.07 bits per heavy atom. The van der Waals surface area contributed by atoms with Crippen LogP contribution in [-0.2, 0) is 10.0 Å². The summed E-state index contributed by atoms with van der Waals surface area (Å²) in [4.78, 5) is 10.2. The number of nitro benzene ring substituents is 1. The molecule has 0 amide bonds. The second kappa shape index (κ2) is 8.13. The molecule has 8 nitrogen and oxygen atoms in total. The minimum atomic E-state index is -4.00. The van der Waals surface area contributed by atoms with Gasteiger partial charge in [0.1, 0.15) is 0 Å². The molecule has 0 aliphatic carbocycles. The standard InChI is InChI=1S/C18H22N2O6S/c1-11-8-12(2)18(13(3)9-11)27(25,26)19-16(10-21)17(22)14-4-6-15(7-5-14)20(23)24/h4-9,16-17,19,21-22H,10H2,1-3H3. The zero-order valence-corrected chi connectivity index (χ0v) is 16.0. The minimum Gasteiger partial charge on any atom is -0.395 e. The van der Waals surface area contributed by atoms with Gasteiger partial charge in [-0.25, -0.2) is 13.1 Å². The summed E-state index contributed by atoms with van der Waals surface area (Å²) in [5.74, 6) is 0. The summed E-state index contributed by atoms with van der Waals surface area (Å²) >= 11 is 0. The second-order valence-corrected chi connectivity index (χ2v) is 8.08. The molecule has 0 aliphatic rings. The third kappa shape index (κ3) is 4.69. The molecule has 27 heavy (non-hydrogen) atoms. The van der Waals surface area contributed by atoms with Crippen molar-refractivity contribution in [2.24, 2.45) is 0 Å². The lowest BCUT2D eigenvalue weighted by atomic mass is 10.0. The number of rotatable bonds is 7. The van der Waals surface area contributed by atoms with Crippen molar-refractivity contribution in [3.05, 3.63) is 68.8 Å². The SMILES string of the molecule is Cc1cc(C)c(S(=O)(=O)NC(CO)C(O)c2ccc([N+](=O)[O-])cc2)c(C)c1. The van der Waals surface area contributed by atoms with Gasteiger partial charge in [0.2, 0.25) is 10.0 Å². The van der Waals surface area contributed by atoms with E-state index in [4.69, 9.17) is 0 Å². The Morgan fingerprint density at radius 1 is 1.11 bits per heavy atom. The molecule has 0 radical (unpaired) electrons. The Bertz CT molecular complexity index is 918. The number of nitrogens with one attached hydrogen (secondary N) is 1. The van der Waals surface area contributed by atoms with Crippen LogP contribution in [0, 0.1) is 30.9 Å². The van der Waals surface area contributed by atoms with Crippen molar-refractivity contribution >= 4 is 15.7 Å². The largest absolute Gasteiger partial charge is 0.395 e. The van der Waals surface area contributed by atoms with Gasteiger partial charge in [-0.15, -0.1) is 0 Å². The maximum Gasteiger partial charge on any atom is 0.269 e. The van der Waals surface area contributed by atoms with Gasteiger partial charge < -0.3 is 10.2 Å². The topological polar surface area (TPSA) is 130 Å². The van der Waals surface area contributed by atoms with Gasteiger partial charge in [-0.3, -0.25) is 10.1 Å². The lowest BCUT2D eigenvalue weighted by Gasteiger charge is -2.23. The molecular weight excluding hydrogens is 372 g/mol. The van der Waals surface area contributed by atoms with Crippen LogP contribution in [0.5, 0.6) is 0 Å². The Labute approximate surface area is 157 Å². The van der Waals surface area contributed by atoms with E-state index in [-0.39, 0.29) is 16.1 Å². The Morgan fingerprint density at radius 2 is 1.63 bits per heavy atom. The van der Waals surface area contributed by atoms with Crippen molar-refractivity contribution in [1.29, 1.82) is 0 Å². The van der Waals surface area contributed by atoms with Crippen molar-refractivity contribution in [2.45, 2.75) is 37.8 Å². The minimum absolute atomic E-state index is 0.0995. The predicted octanol–water partition coefficient (Wildman–Crippen LogP) is 1.89. The molecule has 0 saturated heterocycles. The van der Waals surface area contributed by atoms with Crippen LogP contribution in [0.3, 0.4) is 0 Å². The van der Waals surface area contributed by atoms with Crippen molar-refractivity contribution < 1.29 is 23.6 Å². The monoisotopic (exact) mass is 394 g/mol. The Balaban J connectivity index is 2.31. The number of aryl methyl sites for hydroxylation is 3. The van der Waals surface area contributed by atoms with E-state index in [1.807, 2.05) is 6.92 Å². The molecule has 0 heterocycles. The third-order valence-electron chi connectivity index (χ3n) is 4.20. The number of nitro groups is 1. The van der Waals surface area contributed by atoms with Gasteiger partial charge >= 0.3 is 0 Å². The molecule has 3 N–H and O–H groups in total. The van der Waals surface area contributed by atoms with Crippen LogP contribution in [0.4, 0.5) is 5.69 Å². The van der Waals surface area contributed by atoms with Crippen LogP contribution < -0.4 is 4.72 Å². The Kier molecular flexibility index (Phi) is 6.32. The number of nitrogens with zero attached hydrogens (tertiary/aromatic N) is 1. The summed E-state index contributed by atoms with van der Waals surface area (Å²) < 4.78 is 28.0. The van der Waals surface area contributed by atoms with E-state index in [2.05, 4.69) is 4.72 Å². The van der Waals surface area contributed by atoms with Gasteiger partial charge in [0.25, 0.3) is 5.69 Å². The Hall–Kier alpha value is -2.33. The first-order valence-electron chi connectivity index (χ1n) is 8.20. The van der Waals surface area contributed by atoms with Crippen LogP contribution in [0.2, 0.25) is 0 Å². The molecule has 2 rings (SSSR count). The highest BCUT2D eigenvalue weighted by atomic mass is 32.2. The summed E-state index contributed by atoms with van der Waals surface area (Å²) in [5, 5.41) is 30.8. The molecule has 0 bridgehead atoms. The fraction of sp³-hybridized carbons (Fsp3) is 0.333. The average Bonchev–Trinajstić information content (AvgIpc) is 2.58. The summed E-state index contributed by atoms with van der Waals surface area (Å²) in [6.07, 6.45) is -1.38. The van der Waals surface area contributed by atoms with Crippen LogP contribution in [-0.4, -0.2) is 36.2 Å². The second-order valence-electron chi connectivity index (χ2n) is 6.43. The number of sulfonamides is 1. The van der Waals surface area contributed by atoms with Gasteiger partial charge in [-0.1, -0.05) is 17.7 Å². The highest BCUT2D eigenvalue weighted by Gasteiger charge is 2.28. The summed E-state index contributed by atoms with van der Waals surface area (Å²) in [5.41, 5.74) is 2.13. The van der Waals surface area contributed by atoms with Crippen LogP contribution in [0.25, 0.3) is 0 Å². The molecule has 9 heteroatoms. The number of aliphatic hydroxyl groups excluding tert-OH is 2. The highest BCUT2D eigenvalue weighted by molar-refractivity contribution is 7.89. The maximum absolute atomic E-state index is 12.8. The van der Waals surface area contributed by atoms with E-state index in [0.29, 0.717) is 11.1 Å². The average molecular weight is 394 g/mol. The predicted molar refractivity (Wildman–Crippen MR) is 99.9 cm³/mol. The van der Waals surface area contributed by atoms with E-state index in [1.54, 1.807) is 26.0 Å².